The molecule has 1 rings (SSSR count). The number of aromatic nitrogens is 1. The standard InChI is InChI=1S/C9H12F3NO/c1-4-6-5-7(13-14-6)8(2,3)9(10,11)12/h5H,4H2,1-3H3. The molecule has 0 amide bonds. The topological polar surface area (TPSA) is 26.0 Å². The summed E-state index contributed by atoms with van der Waals surface area (Å²) in [5.41, 5.74) is -2.02. The van der Waals surface area contributed by atoms with Crippen molar-refractivity contribution in [1.82, 2.24) is 5.16 Å². The molecule has 14 heavy (non-hydrogen) atoms. The number of halogens is 3. The summed E-state index contributed by atoms with van der Waals surface area (Å²) in [5, 5.41) is 3.43. The Hall–Kier alpha value is -1.00. The molecule has 1 heterocycles. The van der Waals surface area contributed by atoms with E-state index in [9.17, 15) is 13.2 Å². The SMILES string of the molecule is CCc1cc(C(C)(C)C(F)(F)F)no1. The second-order valence-electron chi connectivity index (χ2n) is 3.65. The first-order chi connectivity index (χ1) is 6.29. The average molecular weight is 207 g/mol. The number of alkyl halides is 3. The third kappa shape index (κ3) is 1.76. The molecule has 80 valence electrons. The van der Waals surface area contributed by atoms with Crippen molar-refractivity contribution in [2.75, 3.05) is 0 Å². The molecule has 0 aromatic carbocycles. The van der Waals surface area contributed by atoms with E-state index < -0.39 is 11.6 Å². The number of aryl methyl sites for hydroxylation is 1. The summed E-state index contributed by atoms with van der Waals surface area (Å²) in [5.74, 6) is 0.470. The van der Waals surface area contributed by atoms with Crippen LogP contribution in [0.4, 0.5) is 13.2 Å². The fraction of sp³-hybridized carbons (Fsp3) is 0.667. The second kappa shape index (κ2) is 3.29. The van der Waals surface area contributed by atoms with Crippen LogP contribution >= 0.6 is 0 Å². The molecule has 0 bridgehead atoms. The minimum atomic E-state index is -4.31. The van der Waals surface area contributed by atoms with Crippen molar-refractivity contribution in [3.05, 3.63) is 17.5 Å². The van der Waals surface area contributed by atoms with Gasteiger partial charge in [0.2, 0.25) is 0 Å². The summed E-state index contributed by atoms with van der Waals surface area (Å²) in [7, 11) is 0. The monoisotopic (exact) mass is 207 g/mol. The molecule has 0 N–H and O–H groups in total. The molecule has 0 atom stereocenters. The molecule has 0 aliphatic carbocycles. The van der Waals surface area contributed by atoms with Gasteiger partial charge in [0.25, 0.3) is 0 Å². The van der Waals surface area contributed by atoms with E-state index in [0.717, 1.165) is 13.8 Å². The molecule has 0 aliphatic heterocycles. The Bertz CT molecular complexity index is 314. The zero-order valence-electron chi connectivity index (χ0n) is 8.27. The van der Waals surface area contributed by atoms with Gasteiger partial charge >= 0.3 is 6.18 Å². The first-order valence-electron chi connectivity index (χ1n) is 4.32. The van der Waals surface area contributed by atoms with Gasteiger partial charge in [0.1, 0.15) is 11.2 Å². The van der Waals surface area contributed by atoms with Crippen LogP contribution in [-0.4, -0.2) is 11.3 Å². The molecular formula is C9H12F3NO. The van der Waals surface area contributed by atoms with Crippen LogP contribution in [0.25, 0.3) is 0 Å². The van der Waals surface area contributed by atoms with Crippen molar-refractivity contribution >= 4 is 0 Å². The van der Waals surface area contributed by atoms with Crippen molar-refractivity contribution in [3.63, 3.8) is 0 Å². The fourth-order valence-corrected chi connectivity index (χ4v) is 0.919. The van der Waals surface area contributed by atoms with Crippen molar-refractivity contribution in [1.29, 1.82) is 0 Å². The largest absolute Gasteiger partial charge is 0.399 e. The van der Waals surface area contributed by atoms with Crippen LogP contribution in [0, 0.1) is 0 Å². The summed E-state index contributed by atoms with van der Waals surface area (Å²) in [6.07, 6.45) is -3.77. The predicted molar refractivity (Wildman–Crippen MR) is 45.0 cm³/mol. The lowest BCUT2D eigenvalue weighted by atomic mass is 9.88. The lowest BCUT2D eigenvalue weighted by molar-refractivity contribution is -0.181. The lowest BCUT2D eigenvalue weighted by Gasteiger charge is -2.24. The highest BCUT2D eigenvalue weighted by Crippen LogP contribution is 2.39. The minimum absolute atomic E-state index is 0.0677. The van der Waals surface area contributed by atoms with Gasteiger partial charge < -0.3 is 4.52 Å². The van der Waals surface area contributed by atoms with E-state index in [0.29, 0.717) is 12.2 Å². The Balaban J connectivity index is 3.04. The molecule has 0 spiro atoms. The smallest absolute Gasteiger partial charge is 0.361 e. The van der Waals surface area contributed by atoms with E-state index >= 15 is 0 Å². The minimum Gasteiger partial charge on any atom is -0.361 e. The summed E-state index contributed by atoms with van der Waals surface area (Å²) >= 11 is 0. The molecule has 0 saturated heterocycles. The van der Waals surface area contributed by atoms with E-state index in [4.69, 9.17) is 4.52 Å². The van der Waals surface area contributed by atoms with Crippen LogP contribution < -0.4 is 0 Å². The van der Waals surface area contributed by atoms with Gasteiger partial charge in [-0.3, -0.25) is 0 Å². The Morgan fingerprint density at radius 3 is 2.29 bits per heavy atom. The van der Waals surface area contributed by atoms with Crippen molar-refractivity contribution in [3.8, 4) is 0 Å². The summed E-state index contributed by atoms with van der Waals surface area (Å²) in [6.45, 7) is 3.97. The van der Waals surface area contributed by atoms with Crippen LogP contribution in [0.1, 0.15) is 32.2 Å². The van der Waals surface area contributed by atoms with E-state index in [2.05, 4.69) is 5.16 Å². The molecule has 2 nitrogen and oxygen atoms in total. The van der Waals surface area contributed by atoms with Crippen molar-refractivity contribution < 1.29 is 17.7 Å². The van der Waals surface area contributed by atoms with Gasteiger partial charge in [0.05, 0.1) is 5.69 Å². The number of hydrogen-bond acceptors (Lipinski definition) is 2. The zero-order chi connectivity index (χ0) is 11.0. The zero-order valence-corrected chi connectivity index (χ0v) is 8.27. The lowest BCUT2D eigenvalue weighted by Crippen LogP contribution is -2.36. The highest BCUT2D eigenvalue weighted by Gasteiger charge is 2.50. The highest BCUT2D eigenvalue weighted by atomic mass is 19.4. The van der Waals surface area contributed by atoms with Crippen LogP contribution in [0.2, 0.25) is 0 Å². The molecule has 0 fully saturated rings. The molecule has 0 radical (unpaired) electrons. The summed E-state index contributed by atoms with van der Waals surface area (Å²) in [4.78, 5) is 0. The Morgan fingerprint density at radius 1 is 1.36 bits per heavy atom. The predicted octanol–water partition coefficient (Wildman–Crippen LogP) is 3.08. The molecular weight excluding hydrogens is 195 g/mol. The molecule has 0 saturated carbocycles. The van der Waals surface area contributed by atoms with E-state index in [1.165, 1.54) is 6.07 Å². The van der Waals surface area contributed by atoms with E-state index in [-0.39, 0.29) is 5.69 Å². The number of hydrogen-bond donors (Lipinski definition) is 0. The van der Waals surface area contributed by atoms with Gasteiger partial charge in [-0.15, -0.1) is 0 Å². The van der Waals surface area contributed by atoms with Gasteiger partial charge in [-0.05, 0) is 13.8 Å². The van der Waals surface area contributed by atoms with Gasteiger partial charge in [-0.1, -0.05) is 12.1 Å². The molecule has 1 aromatic rings. The average Bonchev–Trinajstić information content (AvgIpc) is 2.49. The first kappa shape index (κ1) is 11.1. The van der Waals surface area contributed by atoms with Gasteiger partial charge in [0.15, 0.2) is 0 Å². The maximum atomic E-state index is 12.6. The first-order valence-corrected chi connectivity index (χ1v) is 4.32. The van der Waals surface area contributed by atoms with Crippen LogP contribution in [-0.2, 0) is 11.8 Å². The summed E-state index contributed by atoms with van der Waals surface area (Å²) in [6, 6.07) is 1.35. The van der Waals surface area contributed by atoms with Crippen LogP contribution in [0.5, 0.6) is 0 Å². The van der Waals surface area contributed by atoms with E-state index in [1.807, 2.05) is 0 Å². The van der Waals surface area contributed by atoms with E-state index in [1.54, 1.807) is 6.92 Å². The third-order valence-electron chi connectivity index (χ3n) is 2.26. The van der Waals surface area contributed by atoms with Crippen molar-refractivity contribution in [2.24, 2.45) is 0 Å². The molecule has 0 aliphatic rings. The van der Waals surface area contributed by atoms with Gasteiger partial charge in [0, 0.05) is 12.5 Å². The normalized spacial score (nSPS) is 13.3. The maximum absolute atomic E-state index is 12.6. The number of rotatable bonds is 2. The molecule has 1 aromatic heterocycles. The van der Waals surface area contributed by atoms with Crippen LogP contribution in [0.15, 0.2) is 10.6 Å². The van der Waals surface area contributed by atoms with Gasteiger partial charge in [-0.2, -0.15) is 13.2 Å². The highest BCUT2D eigenvalue weighted by molar-refractivity contribution is 5.17. The molecule has 5 heteroatoms. The Kier molecular flexibility index (Phi) is 2.61. The third-order valence-corrected chi connectivity index (χ3v) is 2.26. The maximum Gasteiger partial charge on any atom is 0.399 e. The Labute approximate surface area is 80.1 Å². The quantitative estimate of drug-likeness (QED) is 0.744. The van der Waals surface area contributed by atoms with Crippen molar-refractivity contribution in [2.45, 2.75) is 38.8 Å². The fourth-order valence-electron chi connectivity index (χ4n) is 0.919. The second-order valence-corrected chi connectivity index (χ2v) is 3.65. The Morgan fingerprint density at radius 2 is 1.93 bits per heavy atom. The van der Waals surface area contributed by atoms with Crippen LogP contribution in [0.3, 0.4) is 0 Å². The number of nitrogens with zero attached hydrogens (tertiary/aromatic N) is 1. The summed E-state index contributed by atoms with van der Waals surface area (Å²) < 4.78 is 42.4. The molecule has 0 unspecified atom stereocenters. The van der Waals surface area contributed by atoms with Gasteiger partial charge in [-0.25, -0.2) is 0 Å².